The molecule has 25 heavy (non-hydrogen) atoms. The van der Waals surface area contributed by atoms with Crippen molar-refractivity contribution in [2.45, 2.75) is 6.92 Å². The van der Waals surface area contributed by atoms with Gasteiger partial charge in [0.15, 0.2) is 5.82 Å². The number of anilines is 4. The zero-order valence-corrected chi connectivity index (χ0v) is 14.0. The summed E-state index contributed by atoms with van der Waals surface area (Å²) in [4.78, 5) is 11.3. The van der Waals surface area contributed by atoms with E-state index in [4.69, 9.17) is 5.73 Å². The minimum absolute atomic E-state index is 0.499. The summed E-state index contributed by atoms with van der Waals surface area (Å²) < 4.78 is 4.58. The number of rotatable bonds is 4. The highest BCUT2D eigenvalue weighted by Crippen LogP contribution is 2.26. The summed E-state index contributed by atoms with van der Waals surface area (Å²) in [5.74, 6) is 0.698. The number of aryl methyl sites for hydroxylation is 1. The molecule has 0 unspecified atom stereocenters. The van der Waals surface area contributed by atoms with Crippen LogP contribution in [0.3, 0.4) is 0 Å². The van der Waals surface area contributed by atoms with Crippen LogP contribution in [0.4, 0.5) is 27.7 Å². The molecule has 0 aliphatic rings. The Hall–Kier alpha value is -3.48. The van der Waals surface area contributed by atoms with Crippen LogP contribution in [0, 0.1) is 6.92 Å². The molecule has 128 valence electrons. The maximum atomic E-state index is 11.3. The number of nitrogens with one attached hydrogen (secondary N) is 3. The van der Waals surface area contributed by atoms with Gasteiger partial charge in [-0.15, -0.1) is 0 Å². The van der Waals surface area contributed by atoms with Gasteiger partial charge in [-0.1, -0.05) is 12.1 Å². The first-order chi connectivity index (χ1) is 12.0. The lowest BCUT2D eigenvalue weighted by Gasteiger charge is -2.09. The third-order valence-electron chi connectivity index (χ3n) is 3.72. The van der Waals surface area contributed by atoms with Crippen molar-refractivity contribution in [1.82, 2.24) is 10.2 Å². The number of nitrogen functional groups attached to an aromatic ring is 1. The van der Waals surface area contributed by atoms with Crippen molar-refractivity contribution < 1.29 is 9.53 Å². The summed E-state index contributed by atoms with van der Waals surface area (Å²) >= 11 is 0. The summed E-state index contributed by atoms with van der Waals surface area (Å²) in [6, 6.07) is 15.0. The van der Waals surface area contributed by atoms with Crippen LogP contribution < -0.4 is 16.4 Å². The van der Waals surface area contributed by atoms with E-state index in [2.05, 4.69) is 25.6 Å². The molecule has 1 heterocycles. The van der Waals surface area contributed by atoms with E-state index < -0.39 is 6.09 Å². The van der Waals surface area contributed by atoms with Crippen LogP contribution in [-0.2, 0) is 4.74 Å². The average molecular weight is 337 g/mol. The van der Waals surface area contributed by atoms with Crippen molar-refractivity contribution in [3.63, 3.8) is 0 Å². The summed E-state index contributed by atoms with van der Waals surface area (Å²) in [6.45, 7) is 1.94. The minimum Gasteiger partial charge on any atom is -0.453 e. The lowest BCUT2D eigenvalue weighted by atomic mass is 10.1. The monoisotopic (exact) mass is 337 g/mol. The fourth-order valence-electron chi connectivity index (χ4n) is 2.38. The molecule has 3 aromatic rings. The molecule has 3 rings (SSSR count). The van der Waals surface area contributed by atoms with Crippen molar-refractivity contribution in [3.8, 4) is 11.3 Å². The Kier molecular flexibility index (Phi) is 4.56. The third-order valence-corrected chi connectivity index (χ3v) is 3.72. The summed E-state index contributed by atoms with van der Waals surface area (Å²) in [6.07, 6.45) is -0.499. The number of ether oxygens (including phenoxy) is 1. The van der Waals surface area contributed by atoms with E-state index in [0.717, 1.165) is 28.2 Å². The standard InChI is InChI=1S/C18H19N5O2/c1-11-9-14(20-18(24)25-2)7-8-15(11)21-17-10-16(22-23-17)12-3-5-13(19)6-4-12/h3-10H,19H2,1-2H3,(H,20,24)(H2,21,22,23). The fraction of sp³-hybridized carbons (Fsp3) is 0.111. The van der Waals surface area contributed by atoms with Gasteiger partial charge in [0.05, 0.1) is 12.8 Å². The van der Waals surface area contributed by atoms with Gasteiger partial charge < -0.3 is 15.8 Å². The predicted molar refractivity (Wildman–Crippen MR) is 98.9 cm³/mol. The second-order valence-corrected chi connectivity index (χ2v) is 5.56. The first-order valence-electron chi connectivity index (χ1n) is 7.69. The van der Waals surface area contributed by atoms with E-state index >= 15 is 0 Å². The number of aromatic amines is 1. The van der Waals surface area contributed by atoms with Gasteiger partial charge in [-0.05, 0) is 48.4 Å². The summed E-state index contributed by atoms with van der Waals surface area (Å²) in [5.41, 5.74) is 10.8. The Morgan fingerprint density at radius 1 is 1.16 bits per heavy atom. The van der Waals surface area contributed by atoms with E-state index in [0.29, 0.717) is 11.5 Å². The van der Waals surface area contributed by atoms with E-state index in [1.807, 2.05) is 49.4 Å². The lowest BCUT2D eigenvalue weighted by Crippen LogP contribution is -2.11. The van der Waals surface area contributed by atoms with Crippen molar-refractivity contribution in [1.29, 1.82) is 0 Å². The Morgan fingerprint density at radius 2 is 1.92 bits per heavy atom. The molecular weight excluding hydrogens is 318 g/mol. The molecule has 0 aliphatic heterocycles. The number of nitrogens with two attached hydrogens (primary N) is 1. The van der Waals surface area contributed by atoms with Crippen molar-refractivity contribution in [2.75, 3.05) is 23.5 Å². The number of benzene rings is 2. The largest absolute Gasteiger partial charge is 0.453 e. The average Bonchev–Trinajstić information content (AvgIpc) is 3.06. The number of nitrogens with zero attached hydrogens (tertiary/aromatic N) is 1. The van der Waals surface area contributed by atoms with Gasteiger partial charge in [-0.25, -0.2) is 4.79 Å². The van der Waals surface area contributed by atoms with Crippen LogP contribution in [0.5, 0.6) is 0 Å². The number of aromatic nitrogens is 2. The normalized spacial score (nSPS) is 10.3. The first kappa shape index (κ1) is 16.4. The van der Waals surface area contributed by atoms with E-state index in [9.17, 15) is 4.79 Å². The van der Waals surface area contributed by atoms with Gasteiger partial charge in [-0.3, -0.25) is 10.4 Å². The molecule has 0 saturated heterocycles. The van der Waals surface area contributed by atoms with Crippen LogP contribution in [0.15, 0.2) is 48.5 Å². The van der Waals surface area contributed by atoms with E-state index in [1.165, 1.54) is 7.11 Å². The summed E-state index contributed by atoms with van der Waals surface area (Å²) in [5, 5.41) is 13.2. The highest BCUT2D eigenvalue weighted by Gasteiger charge is 2.07. The van der Waals surface area contributed by atoms with Gasteiger partial charge in [0.25, 0.3) is 0 Å². The molecule has 0 fully saturated rings. The van der Waals surface area contributed by atoms with Gasteiger partial charge in [0.2, 0.25) is 0 Å². The molecule has 5 N–H and O–H groups in total. The number of hydrogen-bond acceptors (Lipinski definition) is 5. The van der Waals surface area contributed by atoms with Crippen LogP contribution in [-0.4, -0.2) is 23.4 Å². The second kappa shape index (κ2) is 6.96. The minimum atomic E-state index is -0.499. The van der Waals surface area contributed by atoms with Gasteiger partial charge >= 0.3 is 6.09 Å². The van der Waals surface area contributed by atoms with Gasteiger partial charge in [0.1, 0.15) is 0 Å². The quantitative estimate of drug-likeness (QED) is 0.541. The molecule has 0 aliphatic carbocycles. The highest BCUT2D eigenvalue weighted by molar-refractivity contribution is 5.85. The third kappa shape index (κ3) is 3.89. The van der Waals surface area contributed by atoms with Gasteiger partial charge in [-0.2, -0.15) is 5.10 Å². The maximum absolute atomic E-state index is 11.3. The lowest BCUT2D eigenvalue weighted by molar-refractivity contribution is 0.187. The fourth-order valence-corrected chi connectivity index (χ4v) is 2.38. The smallest absolute Gasteiger partial charge is 0.411 e. The second-order valence-electron chi connectivity index (χ2n) is 5.56. The topological polar surface area (TPSA) is 105 Å². The molecule has 7 heteroatoms. The number of amides is 1. The first-order valence-corrected chi connectivity index (χ1v) is 7.69. The van der Waals surface area contributed by atoms with Crippen molar-refractivity contribution in [2.24, 2.45) is 0 Å². The van der Waals surface area contributed by atoms with Crippen LogP contribution in [0.25, 0.3) is 11.3 Å². The number of carbonyl (C=O) groups is 1. The Labute approximate surface area is 145 Å². The molecule has 0 spiro atoms. The van der Waals surface area contributed by atoms with Crippen LogP contribution in [0.1, 0.15) is 5.56 Å². The molecule has 1 aromatic heterocycles. The van der Waals surface area contributed by atoms with Crippen molar-refractivity contribution >= 4 is 29.0 Å². The number of carbonyl (C=O) groups excluding carboxylic acids is 1. The molecule has 0 radical (unpaired) electrons. The van der Waals surface area contributed by atoms with E-state index in [1.54, 1.807) is 6.07 Å². The van der Waals surface area contributed by atoms with Gasteiger partial charge in [0, 0.05) is 23.1 Å². The molecule has 0 saturated carbocycles. The SMILES string of the molecule is COC(=O)Nc1ccc(Nc2cc(-c3ccc(N)cc3)[nH]n2)c(C)c1. The summed E-state index contributed by atoms with van der Waals surface area (Å²) in [7, 11) is 1.33. The van der Waals surface area contributed by atoms with Crippen LogP contribution in [0.2, 0.25) is 0 Å². The highest BCUT2D eigenvalue weighted by atomic mass is 16.5. The maximum Gasteiger partial charge on any atom is 0.411 e. The number of H-pyrrole nitrogens is 1. The number of methoxy groups -OCH3 is 1. The van der Waals surface area contributed by atoms with Crippen LogP contribution >= 0.6 is 0 Å². The molecule has 1 amide bonds. The Morgan fingerprint density at radius 3 is 2.60 bits per heavy atom. The van der Waals surface area contributed by atoms with E-state index in [-0.39, 0.29) is 0 Å². The molecule has 2 aromatic carbocycles. The molecule has 0 atom stereocenters. The molecule has 0 bridgehead atoms. The zero-order valence-electron chi connectivity index (χ0n) is 14.0. The Bertz CT molecular complexity index is 887. The van der Waals surface area contributed by atoms with Crippen molar-refractivity contribution in [3.05, 3.63) is 54.1 Å². The molecule has 7 nitrogen and oxygen atoms in total. The zero-order chi connectivity index (χ0) is 17.8. The predicted octanol–water partition coefficient (Wildman–Crippen LogP) is 3.89. The Balaban J connectivity index is 1.74. The molecular formula is C18H19N5O2. The number of hydrogen-bond donors (Lipinski definition) is 4.